The SMILES string of the molecule is CCC(C)C1NCN(C2CCC(O)CC2)C1=O. The molecular weight excluding hydrogens is 216 g/mol. The summed E-state index contributed by atoms with van der Waals surface area (Å²) in [6.07, 6.45) is 4.44. The number of amides is 1. The van der Waals surface area contributed by atoms with Gasteiger partial charge in [-0.25, -0.2) is 0 Å². The lowest BCUT2D eigenvalue weighted by atomic mass is 9.91. The Bertz CT molecular complexity index is 275. The van der Waals surface area contributed by atoms with E-state index in [1.165, 1.54) is 0 Å². The van der Waals surface area contributed by atoms with E-state index in [0.717, 1.165) is 32.1 Å². The molecule has 0 aromatic rings. The van der Waals surface area contributed by atoms with Crippen LogP contribution in [0.3, 0.4) is 0 Å². The first-order valence-corrected chi connectivity index (χ1v) is 6.85. The van der Waals surface area contributed by atoms with E-state index in [1.807, 2.05) is 4.90 Å². The van der Waals surface area contributed by atoms with Crippen LogP contribution < -0.4 is 5.32 Å². The van der Waals surface area contributed by atoms with Crippen molar-refractivity contribution in [2.75, 3.05) is 6.67 Å². The van der Waals surface area contributed by atoms with Gasteiger partial charge in [-0.15, -0.1) is 0 Å². The summed E-state index contributed by atoms with van der Waals surface area (Å²) in [6.45, 7) is 4.94. The molecule has 2 atom stereocenters. The Labute approximate surface area is 103 Å². The average Bonchev–Trinajstić information content (AvgIpc) is 2.71. The molecule has 2 aliphatic rings. The van der Waals surface area contributed by atoms with Crippen molar-refractivity contribution in [2.24, 2.45) is 5.92 Å². The highest BCUT2D eigenvalue weighted by atomic mass is 16.3. The first kappa shape index (κ1) is 12.8. The zero-order chi connectivity index (χ0) is 12.4. The zero-order valence-corrected chi connectivity index (χ0v) is 10.9. The molecule has 2 N–H and O–H groups in total. The molecule has 1 aliphatic carbocycles. The maximum Gasteiger partial charge on any atom is 0.241 e. The van der Waals surface area contributed by atoms with Crippen LogP contribution in [-0.4, -0.2) is 40.8 Å². The summed E-state index contributed by atoms with van der Waals surface area (Å²) >= 11 is 0. The molecule has 2 unspecified atom stereocenters. The van der Waals surface area contributed by atoms with Crippen LogP contribution in [0.1, 0.15) is 46.0 Å². The number of nitrogens with one attached hydrogen (secondary N) is 1. The second-order valence-corrected chi connectivity index (χ2v) is 5.50. The molecule has 1 saturated carbocycles. The van der Waals surface area contributed by atoms with Gasteiger partial charge in [0.1, 0.15) is 0 Å². The molecule has 4 nitrogen and oxygen atoms in total. The topological polar surface area (TPSA) is 52.6 Å². The van der Waals surface area contributed by atoms with E-state index < -0.39 is 0 Å². The van der Waals surface area contributed by atoms with Gasteiger partial charge >= 0.3 is 0 Å². The molecule has 2 fully saturated rings. The number of carbonyl (C=O) groups is 1. The Kier molecular flexibility index (Phi) is 4.05. The molecular formula is C13H24N2O2. The second kappa shape index (κ2) is 5.36. The minimum atomic E-state index is -0.151. The molecule has 98 valence electrons. The van der Waals surface area contributed by atoms with Crippen molar-refractivity contribution in [3.05, 3.63) is 0 Å². The van der Waals surface area contributed by atoms with Crippen molar-refractivity contribution in [3.63, 3.8) is 0 Å². The summed E-state index contributed by atoms with van der Waals surface area (Å²) in [4.78, 5) is 14.3. The van der Waals surface area contributed by atoms with E-state index >= 15 is 0 Å². The first-order valence-electron chi connectivity index (χ1n) is 6.85. The molecule has 1 amide bonds. The van der Waals surface area contributed by atoms with Gasteiger partial charge in [0.15, 0.2) is 0 Å². The smallest absolute Gasteiger partial charge is 0.241 e. The molecule has 4 heteroatoms. The number of aliphatic hydroxyl groups excluding tert-OH is 1. The van der Waals surface area contributed by atoms with Crippen LogP contribution in [0.15, 0.2) is 0 Å². The Hall–Kier alpha value is -0.610. The predicted molar refractivity (Wildman–Crippen MR) is 66.4 cm³/mol. The largest absolute Gasteiger partial charge is 0.393 e. The van der Waals surface area contributed by atoms with Crippen molar-refractivity contribution >= 4 is 5.91 Å². The molecule has 2 rings (SSSR count). The van der Waals surface area contributed by atoms with Gasteiger partial charge in [-0.2, -0.15) is 0 Å². The van der Waals surface area contributed by atoms with E-state index in [0.29, 0.717) is 18.6 Å². The first-order chi connectivity index (χ1) is 8.13. The molecule has 0 spiro atoms. The summed E-state index contributed by atoms with van der Waals surface area (Å²) in [6, 6.07) is 0.347. The van der Waals surface area contributed by atoms with Gasteiger partial charge in [0.25, 0.3) is 0 Å². The third-order valence-corrected chi connectivity index (χ3v) is 4.35. The van der Waals surface area contributed by atoms with Crippen LogP contribution in [-0.2, 0) is 4.79 Å². The summed E-state index contributed by atoms with van der Waals surface area (Å²) in [5.74, 6) is 0.669. The van der Waals surface area contributed by atoms with Crippen molar-refractivity contribution < 1.29 is 9.90 Å². The van der Waals surface area contributed by atoms with E-state index in [-0.39, 0.29) is 18.1 Å². The van der Waals surface area contributed by atoms with E-state index in [1.54, 1.807) is 0 Å². The fourth-order valence-electron chi connectivity index (χ4n) is 2.90. The number of nitrogens with zero attached hydrogens (tertiary/aromatic N) is 1. The van der Waals surface area contributed by atoms with E-state index in [4.69, 9.17) is 0 Å². The Balaban J connectivity index is 1.93. The molecule has 1 heterocycles. The maximum absolute atomic E-state index is 12.3. The minimum Gasteiger partial charge on any atom is -0.393 e. The summed E-state index contributed by atoms with van der Waals surface area (Å²) < 4.78 is 0. The third-order valence-electron chi connectivity index (χ3n) is 4.35. The van der Waals surface area contributed by atoms with Gasteiger partial charge in [0.05, 0.1) is 18.8 Å². The van der Waals surface area contributed by atoms with Crippen LogP contribution in [0.4, 0.5) is 0 Å². The van der Waals surface area contributed by atoms with Gasteiger partial charge in [0.2, 0.25) is 5.91 Å². The standard InChI is InChI=1S/C13H24N2O2/c1-3-9(2)12-13(17)15(8-14-12)10-4-6-11(16)7-5-10/h9-12,14,16H,3-8H2,1-2H3. The summed E-state index contributed by atoms with van der Waals surface area (Å²) in [5, 5.41) is 12.8. The van der Waals surface area contributed by atoms with Crippen LogP contribution in [0, 0.1) is 5.92 Å². The molecule has 0 radical (unpaired) electrons. The van der Waals surface area contributed by atoms with Crippen molar-refractivity contribution in [3.8, 4) is 0 Å². The highest BCUT2D eigenvalue weighted by Gasteiger charge is 2.38. The molecule has 0 aromatic heterocycles. The second-order valence-electron chi connectivity index (χ2n) is 5.50. The van der Waals surface area contributed by atoms with Gasteiger partial charge in [-0.05, 0) is 31.6 Å². The molecule has 0 bridgehead atoms. The Morgan fingerprint density at radius 2 is 2.06 bits per heavy atom. The highest BCUT2D eigenvalue weighted by molar-refractivity contribution is 5.84. The lowest BCUT2D eigenvalue weighted by Crippen LogP contribution is -2.42. The van der Waals surface area contributed by atoms with Crippen molar-refractivity contribution in [1.82, 2.24) is 10.2 Å². The number of aliphatic hydroxyl groups is 1. The van der Waals surface area contributed by atoms with Crippen molar-refractivity contribution in [1.29, 1.82) is 0 Å². The Morgan fingerprint density at radius 3 is 2.65 bits per heavy atom. The zero-order valence-electron chi connectivity index (χ0n) is 10.9. The van der Waals surface area contributed by atoms with Gasteiger partial charge in [-0.1, -0.05) is 20.3 Å². The fourth-order valence-corrected chi connectivity index (χ4v) is 2.90. The Morgan fingerprint density at radius 1 is 1.41 bits per heavy atom. The van der Waals surface area contributed by atoms with Gasteiger partial charge in [0, 0.05) is 6.04 Å². The number of carbonyl (C=O) groups excluding carboxylic acids is 1. The fraction of sp³-hybridized carbons (Fsp3) is 0.923. The molecule has 1 aliphatic heterocycles. The lowest BCUT2D eigenvalue weighted by molar-refractivity contribution is -0.132. The predicted octanol–water partition coefficient (Wildman–Crippen LogP) is 1.09. The third kappa shape index (κ3) is 2.63. The van der Waals surface area contributed by atoms with Crippen molar-refractivity contribution in [2.45, 2.75) is 64.1 Å². The molecule has 17 heavy (non-hydrogen) atoms. The van der Waals surface area contributed by atoms with Crippen LogP contribution in [0.25, 0.3) is 0 Å². The molecule has 0 aromatic carbocycles. The number of hydrogen-bond donors (Lipinski definition) is 2. The number of rotatable bonds is 3. The van der Waals surface area contributed by atoms with E-state index in [9.17, 15) is 9.90 Å². The average molecular weight is 240 g/mol. The monoisotopic (exact) mass is 240 g/mol. The normalized spacial score (nSPS) is 36.3. The van der Waals surface area contributed by atoms with Crippen LogP contribution in [0.2, 0.25) is 0 Å². The summed E-state index contributed by atoms with van der Waals surface area (Å²) in [7, 11) is 0. The summed E-state index contributed by atoms with van der Waals surface area (Å²) in [5.41, 5.74) is 0. The quantitative estimate of drug-likeness (QED) is 0.776. The number of hydrogen-bond acceptors (Lipinski definition) is 3. The van der Waals surface area contributed by atoms with Crippen LogP contribution in [0.5, 0.6) is 0 Å². The van der Waals surface area contributed by atoms with Gasteiger partial charge < -0.3 is 10.0 Å². The van der Waals surface area contributed by atoms with E-state index in [2.05, 4.69) is 19.2 Å². The maximum atomic E-state index is 12.3. The van der Waals surface area contributed by atoms with Crippen LogP contribution >= 0.6 is 0 Å². The lowest BCUT2D eigenvalue weighted by Gasteiger charge is -2.32. The highest BCUT2D eigenvalue weighted by Crippen LogP contribution is 2.26. The van der Waals surface area contributed by atoms with Gasteiger partial charge in [-0.3, -0.25) is 10.1 Å². The molecule has 1 saturated heterocycles. The minimum absolute atomic E-state index is 0.00634.